The Hall–Kier alpha value is -0.980. The predicted molar refractivity (Wildman–Crippen MR) is 87.0 cm³/mol. The molecular weight excluding hydrogens is 230 g/mol. The summed E-state index contributed by atoms with van der Waals surface area (Å²) in [5.41, 5.74) is 2.71. The lowest BCUT2D eigenvalue weighted by Gasteiger charge is -2.16. The third-order valence-corrected chi connectivity index (χ3v) is 4.00. The van der Waals surface area contributed by atoms with Crippen molar-refractivity contribution in [3.63, 3.8) is 0 Å². The van der Waals surface area contributed by atoms with Gasteiger partial charge in [-0.1, -0.05) is 58.6 Å². The Morgan fingerprint density at radius 1 is 0.947 bits per heavy atom. The fourth-order valence-corrected chi connectivity index (χ4v) is 2.38. The van der Waals surface area contributed by atoms with Crippen LogP contribution in [0.3, 0.4) is 0 Å². The Balaban J connectivity index is 2.36. The lowest BCUT2D eigenvalue weighted by atomic mass is 9.98. The van der Waals surface area contributed by atoms with Crippen molar-refractivity contribution in [2.24, 2.45) is 0 Å². The van der Waals surface area contributed by atoms with Crippen molar-refractivity contribution in [3.8, 4) is 0 Å². The van der Waals surface area contributed by atoms with Gasteiger partial charge in [0.05, 0.1) is 0 Å². The Morgan fingerprint density at radius 2 is 1.63 bits per heavy atom. The first-order valence-electron chi connectivity index (χ1n) is 8.03. The topological polar surface area (TPSA) is 12.0 Å². The molecule has 0 spiro atoms. The number of unbranched alkanes of at least 4 members (excludes halogenated alkanes) is 3. The lowest BCUT2D eigenvalue weighted by Crippen LogP contribution is -2.14. The fourth-order valence-electron chi connectivity index (χ4n) is 2.38. The molecule has 2 atom stereocenters. The van der Waals surface area contributed by atoms with Crippen molar-refractivity contribution in [3.05, 3.63) is 29.8 Å². The van der Waals surface area contributed by atoms with Crippen molar-refractivity contribution in [2.45, 2.75) is 78.2 Å². The Labute approximate surface area is 119 Å². The molecule has 0 saturated carbocycles. The Kier molecular flexibility index (Phi) is 7.62. The number of benzene rings is 1. The first-order chi connectivity index (χ1) is 9.17. The van der Waals surface area contributed by atoms with E-state index in [1.165, 1.54) is 49.8 Å². The van der Waals surface area contributed by atoms with Gasteiger partial charge in [-0.25, -0.2) is 0 Å². The van der Waals surface area contributed by atoms with Crippen molar-refractivity contribution in [1.82, 2.24) is 0 Å². The minimum Gasteiger partial charge on any atom is -0.383 e. The maximum atomic E-state index is 3.60. The van der Waals surface area contributed by atoms with Crippen LogP contribution < -0.4 is 5.32 Å². The molecule has 0 saturated heterocycles. The summed E-state index contributed by atoms with van der Waals surface area (Å²) in [7, 11) is 0. The first-order valence-corrected chi connectivity index (χ1v) is 8.03. The maximum absolute atomic E-state index is 3.60. The predicted octanol–water partition coefficient (Wildman–Crippen LogP) is 5.97. The van der Waals surface area contributed by atoms with Gasteiger partial charge in [-0.15, -0.1) is 0 Å². The number of hydrogen-bond acceptors (Lipinski definition) is 1. The van der Waals surface area contributed by atoms with E-state index >= 15 is 0 Å². The van der Waals surface area contributed by atoms with Crippen LogP contribution >= 0.6 is 0 Å². The van der Waals surface area contributed by atoms with E-state index in [4.69, 9.17) is 0 Å². The van der Waals surface area contributed by atoms with Gasteiger partial charge in [0.25, 0.3) is 0 Å². The van der Waals surface area contributed by atoms with E-state index in [0.29, 0.717) is 12.0 Å². The summed E-state index contributed by atoms with van der Waals surface area (Å²) in [4.78, 5) is 0. The summed E-state index contributed by atoms with van der Waals surface area (Å²) in [5.74, 6) is 0.667. The van der Waals surface area contributed by atoms with Gasteiger partial charge in [0.1, 0.15) is 0 Å². The van der Waals surface area contributed by atoms with Gasteiger partial charge in [0.15, 0.2) is 0 Å². The van der Waals surface area contributed by atoms with Crippen molar-refractivity contribution < 1.29 is 0 Å². The summed E-state index contributed by atoms with van der Waals surface area (Å²) >= 11 is 0. The smallest absolute Gasteiger partial charge is 0.0342 e. The largest absolute Gasteiger partial charge is 0.383 e. The fraction of sp³-hybridized carbons (Fsp3) is 0.667. The van der Waals surface area contributed by atoms with Crippen LogP contribution in [-0.4, -0.2) is 6.04 Å². The molecule has 0 bridgehead atoms. The summed E-state index contributed by atoms with van der Waals surface area (Å²) in [6, 6.07) is 9.56. The zero-order valence-electron chi connectivity index (χ0n) is 13.2. The minimum atomic E-state index is 0.575. The molecule has 0 aliphatic carbocycles. The summed E-state index contributed by atoms with van der Waals surface area (Å²) < 4.78 is 0. The number of anilines is 1. The molecule has 0 aliphatic heterocycles. The van der Waals surface area contributed by atoms with E-state index < -0.39 is 0 Å². The quantitative estimate of drug-likeness (QED) is 0.540. The van der Waals surface area contributed by atoms with Crippen LogP contribution in [0.4, 0.5) is 5.69 Å². The van der Waals surface area contributed by atoms with Gasteiger partial charge >= 0.3 is 0 Å². The zero-order valence-corrected chi connectivity index (χ0v) is 13.2. The zero-order chi connectivity index (χ0) is 14.1. The maximum Gasteiger partial charge on any atom is 0.0342 e. The van der Waals surface area contributed by atoms with Crippen molar-refractivity contribution in [1.29, 1.82) is 0 Å². The van der Waals surface area contributed by atoms with Crippen LogP contribution in [0, 0.1) is 0 Å². The monoisotopic (exact) mass is 261 g/mol. The van der Waals surface area contributed by atoms with E-state index in [2.05, 4.69) is 57.3 Å². The summed E-state index contributed by atoms with van der Waals surface area (Å²) in [5, 5.41) is 3.60. The van der Waals surface area contributed by atoms with E-state index in [1.807, 2.05) is 0 Å². The SMILES string of the molecule is CCCCCCC(C)Nc1ccc(C(C)CC)cc1. The molecule has 0 aliphatic rings. The molecule has 1 aromatic carbocycles. The third kappa shape index (κ3) is 6.13. The molecule has 0 aromatic heterocycles. The molecule has 0 heterocycles. The standard InChI is InChI=1S/C18H31N/c1-5-7-8-9-10-16(4)19-18-13-11-17(12-14-18)15(3)6-2/h11-16,19H,5-10H2,1-4H3. The minimum absolute atomic E-state index is 0.575. The molecule has 0 amide bonds. The van der Waals surface area contributed by atoms with Crippen LogP contribution in [0.25, 0.3) is 0 Å². The summed E-state index contributed by atoms with van der Waals surface area (Å²) in [6.07, 6.45) is 7.88. The second-order valence-corrected chi connectivity index (χ2v) is 5.83. The van der Waals surface area contributed by atoms with Gasteiger partial charge in [-0.3, -0.25) is 0 Å². The van der Waals surface area contributed by atoms with Gasteiger partial charge in [0, 0.05) is 11.7 Å². The normalized spacial score (nSPS) is 14.1. The average molecular weight is 261 g/mol. The Bertz CT molecular complexity index is 328. The van der Waals surface area contributed by atoms with Crippen LogP contribution in [0.5, 0.6) is 0 Å². The molecule has 1 N–H and O–H groups in total. The van der Waals surface area contributed by atoms with Crippen molar-refractivity contribution >= 4 is 5.69 Å². The highest BCUT2D eigenvalue weighted by Crippen LogP contribution is 2.21. The van der Waals surface area contributed by atoms with E-state index in [0.717, 1.165) is 0 Å². The lowest BCUT2D eigenvalue weighted by molar-refractivity contribution is 0.594. The third-order valence-electron chi connectivity index (χ3n) is 4.00. The van der Waals surface area contributed by atoms with Gasteiger partial charge < -0.3 is 5.32 Å². The van der Waals surface area contributed by atoms with E-state index in [-0.39, 0.29) is 0 Å². The Morgan fingerprint density at radius 3 is 2.21 bits per heavy atom. The molecule has 0 radical (unpaired) electrons. The van der Waals surface area contributed by atoms with E-state index in [9.17, 15) is 0 Å². The average Bonchev–Trinajstić information content (AvgIpc) is 2.43. The van der Waals surface area contributed by atoms with Gasteiger partial charge in [-0.05, 0) is 43.4 Å². The van der Waals surface area contributed by atoms with Gasteiger partial charge in [0.2, 0.25) is 0 Å². The number of hydrogen-bond donors (Lipinski definition) is 1. The van der Waals surface area contributed by atoms with Crippen molar-refractivity contribution in [2.75, 3.05) is 5.32 Å². The molecule has 108 valence electrons. The summed E-state index contributed by atoms with van der Waals surface area (Å²) in [6.45, 7) is 9.09. The highest BCUT2D eigenvalue weighted by molar-refractivity contribution is 5.45. The number of rotatable bonds is 9. The molecule has 1 nitrogen and oxygen atoms in total. The van der Waals surface area contributed by atoms with Crippen LogP contribution in [-0.2, 0) is 0 Å². The van der Waals surface area contributed by atoms with Crippen LogP contribution in [0.15, 0.2) is 24.3 Å². The highest BCUT2D eigenvalue weighted by Gasteiger charge is 2.04. The molecule has 1 aromatic rings. The second kappa shape index (κ2) is 9.01. The molecule has 1 heteroatoms. The number of nitrogens with one attached hydrogen (secondary N) is 1. The van der Waals surface area contributed by atoms with Crippen LogP contribution in [0.2, 0.25) is 0 Å². The molecule has 0 fully saturated rings. The second-order valence-electron chi connectivity index (χ2n) is 5.83. The molecule has 19 heavy (non-hydrogen) atoms. The first kappa shape index (κ1) is 16.1. The molecular formula is C18H31N. The molecule has 1 rings (SSSR count). The molecule has 2 unspecified atom stereocenters. The van der Waals surface area contributed by atoms with Gasteiger partial charge in [-0.2, -0.15) is 0 Å². The van der Waals surface area contributed by atoms with E-state index in [1.54, 1.807) is 0 Å². The van der Waals surface area contributed by atoms with Crippen LogP contribution in [0.1, 0.15) is 77.7 Å². The highest BCUT2D eigenvalue weighted by atomic mass is 14.9.